The highest BCUT2D eigenvalue weighted by Gasteiger charge is 2.13. The molecule has 3 aromatic heterocycles. The van der Waals surface area contributed by atoms with Crippen LogP contribution < -0.4 is 14.8 Å². The molecule has 5 nitrogen and oxygen atoms in total. The number of para-hydroxylation sites is 4. The zero-order chi connectivity index (χ0) is 23.1. The summed E-state index contributed by atoms with van der Waals surface area (Å²) < 4.78 is 10.6. The Morgan fingerprint density at radius 2 is 1.71 bits per heavy atom. The lowest BCUT2D eigenvalue weighted by Gasteiger charge is -2.14. The molecule has 1 atom stereocenters. The molecule has 34 heavy (non-hydrogen) atoms. The molecule has 0 bridgehead atoms. The maximum absolute atomic E-state index is 13.2. The van der Waals surface area contributed by atoms with Crippen LogP contribution in [0.3, 0.4) is 0 Å². The van der Waals surface area contributed by atoms with Gasteiger partial charge in [0.2, 0.25) is 0 Å². The summed E-state index contributed by atoms with van der Waals surface area (Å²) in [7, 11) is 0. The predicted octanol–water partition coefficient (Wildman–Crippen LogP) is 5.13. The van der Waals surface area contributed by atoms with Gasteiger partial charge < -0.3 is 9.30 Å². The number of rotatable bonds is 6. The molecule has 6 heteroatoms. The number of aromatic nitrogens is 3. The number of fused-ring (bicyclic) bond motifs is 4. The van der Waals surface area contributed by atoms with Crippen LogP contribution in [0.15, 0.2) is 89.9 Å². The maximum atomic E-state index is 13.2. The van der Waals surface area contributed by atoms with Crippen LogP contribution >= 0.6 is 11.3 Å². The van der Waals surface area contributed by atoms with Crippen molar-refractivity contribution in [3.8, 4) is 5.75 Å². The van der Waals surface area contributed by atoms with Crippen molar-refractivity contribution in [2.24, 2.45) is 5.92 Å². The molecule has 3 heterocycles. The average Bonchev–Trinajstić information content (AvgIpc) is 3.50. The van der Waals surface area contributed by atoms with Gasteiger partial charge in [-0.05, 0) is 36.4 Å². The number of hydrogen-bond donors (Lipinski definition) is 0. The zero-order valence-electron chi connectivity index (χ0n) is 18.7. The first kappa shape index (κ1) is 20.7. The minimum Gasteiger partial charge on any atom is -0.493 e. The normalized spacial score (nSPS) is 13.3. The van der Waals surface area contributed by atoms with Gasteiger partial charge in [-0.1, -0.05) is 66.8 Å². The Kier molecular flexibility index (Phi) is 5.15. The molecule has 168 valence electrons. The fourth-order valence-electron chi connectivity index (χ4n) is 4.44. The monoisotopic (exact) mass is 465 g/mol. The molecule has 0 N–H and O–H groups in total. The highest BCUT2D eigenvalue weighted by molar-refractivity contribution is 7.15. The van der Waals surface area contributed by atoms with Gasteiger partial charge in [-0.15, -0.1) is 0 Å². The second kappa shape index (κ2) is 8.47. The first-order valence-corrected chi connectivity index (χ1v) is 12.2. The van der Waals surface area contributed by atoms with E-state index in [-0.39, 0.29) is 5.56 Å². The van der Waals surface area contributed by atoms with Crippen LogP contribution in [0.5, 0.6) is 5.75 Å². The van der Waals surface area contributed by atoms with E-state index in [1.807, 2.05) is 66.7 Å². The van der Waals surface area contributed by atoms with E-state index in [0.717, 1.165) is 44.8 Å². The Bertz CT molecular complexity index is 1730. The van der Waals surface area contributed by atoms with Crippen LogP contribution in [-0.4, -0.2) is 20.6 Å². The Morgan fingerprint density at radius 1 is 0.971 bits per heavy atom. The highest BCUT2D eigenvalue weighted by Crippen LogP contribution is 2.24. The van der Waals surface area contributed by atoms with Crippen molar-refractivity contribution >= 4 is 44.3 Å². The van der Waals surface area contributed by atoms with Crippen molar-refractivity contribution in [2.45, 2.75) is 13.5 Å². The van der Waals surface area contributed by atoms with Crippen LogP contribution in [0.2, 0.25) is 0 Å². The molecule has 0 fully saturated rings. The van der Waals surface area contributed by atoms with Gasteiger partial charge >= 0.3 is 0 Å². The van der Waals surface area contributed by atoms with Gasteiger partial charge in [0.15, 0.2) is 4.96 Å². The summed E-state index contributed by atoms with van der Waals surface area (Å²) in [6.45, 7) is 3.65. The summed E-state index contributed by atoms with van der Waals surface area (Å²) in [5.41, 5.74) is 3.88. The van der Waals surface area contributed by atoms with E-state index in [1.165, 1.54) is 11.3 Å². The number of imidazole rings is 1. The molecule has 0 saturated heterocycles. The van der Waals surface area contributed by atoms with E-state index in [4.69, 9.17) is 4.74 Å². The second-order valence-corrected chi connectivity index (χ2v) is 9.63. The Hall–Kier alpha value is -3.90. The molecule has 0 spiro atoms. The van der Waals surface area contributed by atoms with E-state index < -0.39 is 0 Å². The summed E-state index contributed by atoms with van der Waals surface area (Å²) in [5, 5.41) is 1.13. The highest BCUT2D eigenvalue weighted by atomic mass is 32.1. The first-order chi connectivity index (χ1) is 16.7. The number of hydrogen-bond acceptors (Lipinski definition) is 4. The van der Waals surface area contributed by atoms with Gasteiger partial charge in [-0.25, -0.2) is 9.38 Å². The van der Waals surface area contributed by atoms with Crippen LogP contribution in [0.1, 0.15) is 12.5 Å². The number of thiazole rings is 1. The Morgan fingerprint density at radius 3 is 2.56 bits per heavy atom. The lowest BCUT2D eigenvalue weighted by Crippen LogP contribution is -2.22. The summed E-state index contributed by atoms with van der Waals surface area (Å²) >= 11 is 1.44. The van der Waals surface area contributed by atoms with Crippen LogP contribution in [-0.2, 0) is 6.54 Å². The molecule has 3 aromatic carbocycles. The van der Waals surface area contributed by atoms with Crippen molar-refractivity contribution < 1.29 is 4.74 Å². The van der Waals surface area contributed by atoms with E-state index in [2.05, 4.69) is 40.9 Å². The van der Waals surface area contributed by atoms with Crippen LogP contribution in [0.25, 0.3) is 33.0 Å². The smallest absolute Gasteiger partial charge is 0.274 e. The lowest BCUT2D eigenvalue weighted by atomic mass is 10.1. The fraction of sp³-hybridized carbons (Fsp3) is 0.143. The molecule has 0 aliphatic heterocycles. The third-order valence-corrected chi connectivity index (χ3v) is 7.01. The number of ether oxygens (including phenoxy) is 1. The Labute approximate surface area is 200 Å². The molecule has 6 rings (SSSR count). The van der Waals surface area contributed by atoms with E-state index in [9.17, 15) is 4.79 Å². The quantitative estimate of drug-likeness (QED) is 0.343. The molecule has 0 radical (unpaired) electrons. The molecular formula is C28H23N3O2S. The summed E-state index contributed by atoms with van der Waals surface area (Å²) in [4.78, 5) is 18.6. The third-order valence-electron chi connectivity index (χ3n) is 6.04. The van der Waals surface area contributed by atoms with Gasteiger partial charge in [-0.3, -0.25) is 4.79 Å². The number of benzene rings is 3. The standard InChI is InChI=1S/C28H23N3O2S/c1-19(18-33-21-9-3-2-4-10-21)16-30-17-20(22-11-5-7-13-24(22)30)15-26-27(32)31-25-14-8-6-12-23(25)29-28(31)34-26/h2-15,17,19H,16,18H2,1H3/b26-15-/t19-/m1/s1. The molecular weight excluding hydrogens is 442 g/mol. The van der Waals surface area contributed by atoms with Crippen molar-refractivity contribution in [3.05, 3.63) is 106 Å². The molecule has 0 aliphatic rings. The van der Waals surface area contributed by atoms with Gasteiger partial charge in [0, 0.05) is 35.1 Å². The average molecular weight is 466 g/mol. The lowest BCUT2D eigenvalue weighted by molar-refractivity contribution is 0.245. The minimum atomic E-state index is -0.0184. The second-order valence-electron chi connectivity index (χ2n) is 8.62. The molecule has 0 aliphatic carbocycles. The molecule has 6 aromatic rings. The SMILES string of the molecule is C[C@@H](COc1ccccc1)Cn1cc(/C=c2\sc3nc4ccccc4n3c2=O)c2ccccc21. The van der Waals surface area contributed by atoms with Crippen molar-refractivity contribution in [3.63, 3.8) is 0 Å². The third kappa shape index (κ3) is 3.66. The first-order valence-electron chi connectivity index (χ1n) is 11.3. The van der Waals surface area contributed by atoms with Gasteiger partial charge in [0.05, 0.1) is 22.2 Å². The van der Waals surface area contributed by atoms with Crippen LogP contribution in [0.4, 0.5) is 0 Å². The zero-order valence-corrected chi connectivity index (χ0v) is 19.5. The summed E-state index contributed by atoms with van der Waals surface area (Å²) in [5.74, 6) is 1.20. The fourth-order valence-corrected chi connectivity index (χ4v) is 5.42. The molecule has 0 amide bonds. The van der Waals surface area contributed by atoms with Gasteiger partial charge in [0.1, 0.15) is 5.75 Å². The largest absolute Gasteiger partial charge is 0.493 e. The maximum Gasteiger partial charge on any atom is 0.274 e. The van der Waals surface area contributed by atoms with E-state index in [0.29, 0.717) is 17.1 Å². The van der Waals surface area contributed by atoms with Crippen LogP contribution in [0, 0.1) is 5.92 Å². The minimum absolute atomic E-state index is 0.0184. The summed E-state index contributed by atoms with van der Waals surface area (Å²) in [6, 6.07) is 26.0. The van der Waals surface area contributed by atoms with Gasteiger partial charge in [0.25, 0.3) is 5.56 Å². The van der Waals surface area contributed by atoms with E-state index in [1.54, 1.807) is 4.40 Å². The predicted molar refractivity (Wildman–Crippen MR) is 139 cm³/mol. The summed E-state index contributed by atoms with van der Waals surface area (Å²) in [6.07, 6.45) is 4.14. The van der Waals surface area contributed by atoms with Crippen molar-refractivity contribution in [1.82, 2.24) is 14.0 Å². The van der Waals surface area contributed by atoms with Gasteiger partial charge in [-0.2, -0.15) is 0 Å². The van der Waals surface area contributed by atoms with Crippen molar-refractivity contribution in [2.75, 3.05) is 6.61 Å². The molecule has 0 unspecified atom stereocenters. The number of nitrogens with zero attached hydrogens (tertiary/aromatic N) is 3. The topological polar surface area (TPSA) is 48.5 Å². The van der Waals surface area contributed by atoms with Crippen molar-refractivity contribution in [1.29, 1.82) is 0 Å². The van der Waals surface area contributed by atoms with E-state index >= 15 is 0 Å². The Balaban J connectivity index is 1.35. The molecule has 0 saturated carbocycles.